The van der Waals surface area contributed by atoms with Crippen LogP contribution in [-0.2, 0) is 16.0 Å². The average molecular weight is 291 g/mol. The molecule has 0 N–H and O–H groups in total. The smallest absolute Gasteiger partial charge is 0.235 e. The van der Waals surface area contributed by atoms with Crippen LogP contribution >= 0.6 is 0 Å². The van der Waals surface area contributed by atoms with E-state index in [-0.39, 0.29) is 0 Å². The van der Waals surface area contributed by atoms with Crippen molar-refractivity contribution in [1.29, 1.82) is 0 Å². The molecule has 0 bridgehead atoms. The maximum atomic E-state index is 14.6. The Kier molecular flexibility index (Phi) is 3.25. The van der Waals surface area contributed by atoms with E-state index in [1.807, 2.05) is 0 Å². The van der Waals surface area contributed by atoms with E-state index in [1.54, 1.807) is 18.2 Å². The molecule has 1 saturated carbocycles. The molecule has 0 saturated heterocycles. The maximum absolute atomic E-state index is 14.6. The lowest BCUT2D eigenvalue weighted by molar-refractivity contribution is 0.164. The van der Waals surface area contributed by atoms with E-state index in [0.717, 1.165) is 19.3 Å². The fraction of sp³-hybridized carbons (Fsp3) is 0.562. The first-order valence-corrected chi connectivity index (χ1v) is 7.19. The molecular weight excluding hydrogens is 273 g/mol. The summed E-state index contributed by atoms with van der Waals surface area (Å²) in [6, 6.07) is 3.47. The van der Waals surface area contributed by atoms with Crippen LogP contribution < -0.4 is 9.47 Å². The quantitative estimate of drug-likeness (QED) is 0.633. The number of rotatable bonds is 3. The highest BCUT2D eigenvalue weighted by atomic mass is 19.1. The Hall–Kier alpha value is -1.87. The Morgan fingerprint density at radius 1 is 1.24 bits per heavy atom. The van der Waals surface area contributed by atoms with Crippen molar-refractivity contribution in [2.45, 2.75) is 44.3 Å². The summed E-state index contributed by atoms with van der Waals surface area (Å²) < 4.78 is 25.8. The molecule has 0 radical (unpaired) electrons. The Bertz CT molecular complexity index is 611. The summed E-state index contributed by atoms with van der Waals surface area (Å²) in [5, 5.41) is 0. The summed E-state index contributed by atoms with van der Waals surface area (Å²) in [6.07, 6.45) is 4.07. The molecule has 0 atom stereocenters. The maximum Gasteiger partial charge on any atom is 0.235 e. The van der Waals surface area contributed by atoms with Crippen LogP contribution in [0.2, 0.25) is 0 Å². The lowest BCUT2D eigenvalue weighted by Gasteiger charge is -2.40. The number of carbonyl (C=O) groups excluding carboxylic acids is 1. The Morgan fingerprint density at radius 3 is 2.33 bits per heavy atom. The fourth-order valence-corrected chi connectivity index (χ4v) is 3.01. The van der Waals surface area contributed by atoms with Gasteiger partial charge in [0.25, 0.3) is 0 Å². The predicted molar refractivity (Wildman–Crippen MR) is 75.2 cm³/mol. The van der Waals surface area contributed by atoms with Crippen molar-refractivity contribution >= 4 is 6.08 Å². The lowest BCUT2D eigenvalue weighted by atomic mass is 9.69. The first-order chi connectivity index (χ1) is 9.96. The topological polar surface area (TPSA) is 47.9 Å². The molecule has 1 aliphatic heterocycles. The number of hydrogen-bond donors (Lipinski definition) is 0. The van der Waals surface area contributed by atoms with Crippen LogP contribution in [0.15, 0.2) is 17.1 Å². The molecule has 1 aliphatic carbocycles. The third-order valence-electron chi connectivity index (χ3n) is 4.26. The van der Waals surface area contributed by atoms with Crippen LogP contribution in [0.1, 0.15) is 44.2 Å². The third-order valence-corrected chi connectivity index (χ3v) is 4.26. The van der Waals surface area contributed by atoms with Gasteiger partial charge in [0.1, 0.15) is 18.9 Å². The van der Waals surface area contributed by atoms with Gasteiger partial charge in [0.05, 0.1) is 5.54 Å². The van der Waals surface area contributed by atoms with Crippen LogP contribution in [0, 0.1) is 0 Å². The van der Waals surface area contributed by atoms with Gasteiger partial charge < -0.3 is 9.47 Å². The number of isocyanates is 1. The summed E-state index contributed by atoms with van der Waals surface area (Å²) in [5.41, 5.74) is -0.984. The number of ether oxygens (including phenoxy) is 2. The van der Waals surface area contributed by atoms with Crippen LogP contribution in [0.3, 0.4) is 0 Å². The van der Waals surface area contributed by atoms with Crippen molar-refractivity contribution in [3.05, 3.63) is 23.3 Å². The molecule has 3 rings (SSSR count). The van der Waals surface area contributed by atoms with E-state index in [4.69, 9.17) is 9.47 Å². The zero-order valence-electron chi connectivity index (χ0n) is 12.2. The lowest BCUT2D eigenvalue weighted by Crippen LogP contribution is -2.35. The molecule has 1 fully saturated rings. The van der Waals surface area contributed by atoms with Gasteiger partial charge in [-0.05, 0) is 56.4 Å². The van der Waals surface area contributed by atoms with Gasteiger partial charge in [0.15, 0.2) is 11.5 Å². The molecule has 1 aromatic rings. The van der Waals surface area contributed by atoms with Crippen molar-refractivity contribution in [2.24, 2.45) is 4.99 Å². The highest BCUT2D eigenvalue weighted by Gasteiger charge is 2.43. The van der Waals surface area contributed by atoms with Crippen molar-refractivity contribution in [3.63, 3.8) is 0 Å². The fourth-order valence-electron chi connectivity index (χ4n) is 3.01. The summed E-state index contributed by atoms with van der Waals surface area (Å²) in [7, 11) is 0. The van der Waals surface area contributed by atoms with E-state index >= 15 is 0 Å². The number of benzene rings is 1. The molecular formula is C16H18FNO3. The number of halogens is 1. The monoisotopic (exact) mass is 291 g/mol. The average Bonchev–Trinajstić information content (AvgIpc) is 2.40. The first-order valence-electron chi connectivity index (χ1n) is 7.19. The van der Waals surface area contributed by atoms with Gasteiger partial charge in [-0.25, -0.2) is 9.18 Å². The summed E-state index contributed by atoms with van der Waals surface area (Å²) in [5.74, 6) is 1.15. The number of aliphatic imine (C=N–C) groups is 1. The standard InChI is InChI=1S/C16H18FNO3/c1-15(2,17)11-8-13-14(21-7-6-20-13)9-12(11)16(18-10-19)4-3-5-16/h8-9H,3-7H2,1-2H3. The van der Waals surface area contributed by atoms with Crippen molar-refractivity contribution in [1.82, 2.24) is 0 Å². The van der Waals surface area contributed by atoms with Gasteiger partial charge in [-0.15, -0.1) is 0 Å². The first kappa shape index (κ1) is 14.1. The van der Waals surface area contributed by atoms with Gasteiger partial charge >= 0.3 is 0 Å². The Labute approximate surface area is 123 Å². The number of alkyl halides is 1. The molecule has 1 heterocycles. The minimum absolute atomic E-state index is 0.454. The molecule has 0 amide bonds. The largest absolute Gasteiger partial charge is 0.486 e. The van der Waals surface area contributed by atoms with Gasteiger partial charge in [0, 0.05) is 0 Å². The van der Waals surface area contributed by atoms with E-state index in [2.05, 4.69) is 4.99 Å². The molecule has 1 aromatic carbocycles. The van der Waals surface area contributed by atoms with E-state index in [0.29, 0.717) is 35.8 Å². The predicted octanol–water partition coefficient (Wildman–Crippen LogP) is 3.38. The highest BCUT2D eigenvalue weighted by molar-refractivity contribution is 5.54. The van der Waals surface area contributed by atoms with Crippen LogP contribution in [0.5, 0.6) is 11.5 Å². The van der Waals surface area contributed by atoms with Crippen LogP contribution in [0.25, 0.3) is 0 Å². The van der Waals surface area contributed by atoms with E-state index < -0.39 is 11.2 Å². The molecule has 0 spiro atoms. The van der Waals surface area contributed by atoms with Gasteiger partial charge in [0.2, 0.25) is 6.08 Å². The summed E-state index contributed by atoms with van der Waals surface area (Å²) in [4.78, 5) is 14.8. The van der Waals surface area contributed by atoms with Crippen molar-refractivity contribution in [3.8, 4) is 11.5 Å². The minimum atomic E-state index is -1.55. The van der Waals surface area contributed by atoms with Crippen LogP contribution in [0.4, 0.5) is 4.39 Å². The van der Waals surface area contributed by atoms with Gasteiger partial charge in [-0.3, -0.25) is 0 Å². The normalized spacial score (nSPS) is 19.4. The number of hydrogen-bond acceptors (Lipinski definition) is 4. The molecule has 0 aromatic heterocycles. The molecule has 5 heteroatoms. The summed E-state index contributed by atoms with van der Waals surface area (Å²) in [6.45, 7) is 3.92. The minimum Gasteiger partial charge on any atom is -0.486 e. The number of fused-ring (bicyclic) bond motifs is 1. The second-order valence-corrected chi connectivity index (χ2v) is 6.10. The SMILES string of the molecule is CC(C)(F)c1cc2c(cc1C1(N=C=O)CCC1)OCCO2. The zero-order valence-corrected chi connectivity index (χ0v) is 12.2. The van der Waals surface area contributed by atoms with Crippen molar-refractivity contribution < 1.29 is 18.7 Å². The van der Waals surface area contributed by atoms with Crippen molar-refractivity contribution in [2.75, 3.05) is 13.2 Å². The highest BCUT2D eigenvalue weighted by Crippen LogP contribution is 2.51. The van der Waals surface area contributed by atoms with E-state index in [1.165, 1.54) is 13.8 Å². The van der Waals surface area contributed by atoms with Gasteiger partial charge in [-0.2, -0.15) is 4.99 Å². The van der Waals surface area contributed by atoms with Gasteiger partial charge in [-0.1, -0.05) is 0 Å². The molecule has 4 nitrogen and oxygen atoms in total. The molecule has 2 aliphatic rings. The Balaban J connectivity index is 2.20. The molecule has 112 valence electrons. The third kappa shape index (κ3) is 2.32. The second-order valence-electron chi connectivity index (χ2n) is 6.10. The summed E-state index contributed by atoms with van der Waals surface area (Å²) >= 11 is 0. The second kappa shape index (κ2) is 4.85. The molecule has 21 heavy (non-hydrogen) atoms. The van der Waals surface area contributed by atoms with Crippen LogP contribution in [-0.4, -0.2) is 19.3 Å². The molecule has 0 unspecified atom stereocenters. The Morgan fingerprint density at radius 2 is 1.86 bits per heavy atom. The zero-order chi connectivity index (χ0) is 15.1. The number of nitrogens with zero attached hydrogens (tertiary/aromatic N) is 1. The van der Waals surface area contributed by atoms with E-state index in [9.17, 15) is 9.18 Å².